The molecule has 0 aliphatic heterocycles. The predicted octanol–water partition coefficient (Wildman–Crippen LogP) is 6.07. The zero-order valence-corrected chi connectivity index (χ0v) is 23.2. The second kappa shape index (κ2) is 11.6. The van der Waals surface area contributed by atoms with Gasteiger partial charge in [-0.25, -0.2) is 27.2 Å². The molecule has 0 spiro atoms. The molecule has 1 fully saturated rings. The van der Waals surface area contributed by atoms with Gasteiger partial charge in [0.1, 0.15) is 17.7 Å². The number of carbonyl (C=O) groups is 1. The number of nitriles is 1. The van der Waals surface area contributed by atoms with Crippen LogP contribution in [-0.4, -0.2) is 57.8 Å². The first-order chi connectivity index (χ1) is 19.0. The molecule has 8 nitrogen and oxygen atoms in total. The number of allylic oxidation sites excluding steroid dienone is 1. The first-order valence-corrected chi connectivity index (χ1v) is 12.6. The summed E-state index contributed by atoms with van der Waals surface area (Å²) in [7, 11) is 1.13. The van der Waals surface area contributed by atoms with E-state index in [1.54, 1.807) is 0 Å². The third-order valence-corrected chi connectivity index (χ3v) is 7.27. The second-order valence-corrected chi connectivity index (χ2v) is 10.2. The highest BCUT2D eigenvalue weighted by Crippen LogP contribution is 2.53. The van der Waals surface area contributed by atoms with Gasteiger partial charge in [-0.3, -0.25) is 4.79 Å². The largest absolute Gasteiger partial charge is 0.429 e. The van der Waals surface area contributed by atoms with E-state index in [-0.39, 0.29) is 42.6 Å². The Morgan fingerprint density at radius 2 is 1.90 bits per heavy atom. The number of ether oxygens (including phenoxy) is 1. The highest BCUT2D eigenvalue weighted by Gasteiger charge is 2.64. The number of nitrogens with zero attached hydrogens (tertiary/aromatic N) is 5. The third kappa shape index (κ3) is 6.29. The summed E-state index contributed by atoms with van der Waals surface area (Å²) in [6.45, 7) is -2.78. The fourth-order valence-corrected chi connectivity index (χ4v) is 4.36. The fourth-order valence-electron chi connectivity index (χ4n) is 4.16. The van der Waals surface area contributed by atoms with Gasteiger partial charge in [0.05, 0.1) is 16.7 Å². The molecule has 1 aromatic heterocycles. The Labute approximate surface area is 237 Å². The maximum atomic E-state index is 14.6. The Morgan fingerprint density at radius 3 is 2.39 bits per heavy atom. The van der Waals surface area contributed by atoms with Crippen LogP contribution in [0.15, 0.2) is 29.4 Å². The van der Waals surface area contributed by atoms with Gasteiger partial charge in [-0.1, -0.05) is 17.7 Å². The number of aryl methyl sites for hydroxylation is 1. The van der Waals surface area contributed by atoms with Crippen molar-refractivity contribution in [2.45, 2.75) is 63.5 Å². The van der Waals surface area contributed by atoms with Crippen LogP contribution >= 0.6 is 11.6 Å². The highest BCUT2D eigenvalue weighted by atomic mass is 35.5. The van der Waals surface area contributed by atoms with Crippen LogP contribution in [0.3, 0.4) is 0 Å². The predicted molar refractivity (Wildman–Crippen MR) is 140 cm³/mol. The molecule has 0 bridgehead atoms. The van der Waals surface area contributed by atoms with Crippen LogP contribution in [0.25, 0.3) is 5.57 Å². The van der Waals surface area contributed by atoms with Gasteiger partial charge in [0.15, 0.2) is 11.6 Å². The van der Waals surface area contributed by atoms with Gasteiger partial charge in [0.25, 0.3) is 17.8 Å². The normalized spacial score (nSPS) is 15.0. The first kappa shape index (κ1) is 31.8. The number of carbonyl (C=O) groups excluding carboxylic acids is 1. The summed E-state index contributed by atoms with van der Waals surface area (Å²) in [6, 6.07) is 6.13. The van der Waals surface area contributed by atoms with Crippen molar-refractivity contribution in [3.05, 3.63) is 46.2 Å². The lowest BCUT2D eigenvalue weighted by Gasteiger charge is -2.38. The van der Waals surface area contributed by atoms with Gasteiger partial charge in [-0.15, -0.1) is 0 Å². The summed E-state index contributed by atoms with van der Waals surface area (Å²) in [5.41, 5.74) is 1.74. The summed E-state index contributed by atoms with van der Waals surface area (Å²) >= 11 is 6.25. The van der Waals surface area contributed by atoms with E-state index in [2.05, 4.69) is 14.8 Å². The molecule has 2 aromatic rings. The quantitative estimate of drug-likeness (QED) is 0.190. The summed E-state index contributed by atoms with van der Waals surface area (Å²) in [5.74, 6) is -10.4. The molecule has 0 unspecified atom stereocenters. The number of alkyl halides is 6. The van der Waals surface area contributed by atoms with E-state index in [0.29, 0.717) is 12.5 Å². The Bertz CT molecular complexity index is 1390. The topological polar surface area (TPSA) is 110 Å². The van der Waals surface area contributed by atoms with Crippen molar-refractivity contribution in [1.82, 2.24) is 14.7 Å². The number of hydrogen-bond acceptors (Lipinski definition) is 6. The lowest BCUT2D eigenvalue weighted by molar-refractivity contribution is -0.173. The Hall–Kier alpha value is -3.73. The molecule has 1 aliphatic carbocycles. The van der Waals surface area contributed by atoms with Gasteiger partial charge < -0.3 is 15.4 Å². The third-order valence-electron chi connectivity index (χ3n) is 6.94. The zero-order chi connectivity index (χ0) is 30.9. The maximum Gasteiger partial charge on any atom is 0.387 e. The van der Waals surface area contributed by atoms with Crippen molar-refractivity contribution >= 4 is 35.1 Å². The van der Waals surface area contributed by atoms with E-state index in [1.807, 2.05) is 6.07 Å². The molecule has 0 atom stereocenters. The molecular weight excluding hydrogens is 578 g/mol. The number of rotatable bonds is 11. The standard InChI is InChI=1S/C26H27ClF6N6O2/c1-24(25(2,30)31,26(3,32)33)20-19(41-23(28)29)21(38(4)37-20)36-13-15(12-35)14-5-8-18(27)17(11-14)22(40)39(10-9-34)16-6-7-16/h5,8,11-13,16,23H,6-7,10,35H2,1-4H3. The molecule has 1 saturated carbocycles. The van der Waals surface area contributed by atoms with Crippen molar-refractivity contribution < 1.29 is 35.9 Å². The zero-order valence-electron chi connectivity index (χ0n) is 22.4. The molecule has 3 rings (SSSR count). The minimum Gasteiger partial charge on any atom is -0.429 e. The second-order valence-electron chi connectivity index (χ2n) is 9.80. The molecule has 1 aromatic carbocycles. The Morgan fingerprint density at radius 1 is 1.29 bits per heavy atom. The van der Waals surface area contributed by atoms with Crippen molar-refractivity contribution in [3.8, 4) is 11.8 Å². The van der Waals surface area contributed by atoms with Gasteiger partial charge in [0.2, 0.25) is 0 Å². The molecule has 0 radical (unpaired) electrons. The molecular formula is C26H27ClF6N6O2. The monoisotopic (exact) mass is 604 g/mol. The van der Waals surface area contributed by atoms with Crippen molar-refractivity contribution in [1.29, 1.82) is 5.26 Å². The summed E-state index contributed by atoms with van der Waals surface area (Å²) < 4.78 is 90.3. The van der Waals surface area contributed by atoms with E-state index >= 15 is 0 Å². The number of benzene rings is 1. The van der Waals surface area contributed by atoms with Gasteiger partial charge in [-0.2, -0.15) is 19.1 Å². The average Bonchev–Trinajstić information content (AvgIpc) is 3.66. The average molecular weight is 605 g/mol. The molecule has 1 amide bonds. The van der Waals surface area contributed by atoms with Crippen LogP contribution < -0.4 is 10.5 Å². The lowest BCUT2D eigenvalue weighted by atomic mass is 9.75. The van der Waals surface area contributed by atoms with Crippen LogP contribution in [0, 0.1) is 11.3 Å². The van der Waals surface area contributed by atoms with Crippen molar-refractivity contribution in [3.63, 3.8) is 0 Å². The SMILES string of the molecule is Cn1nc(C(C)(C(C)(F)F)C(C)(F)F)c(OC(F)F)c1N=CC(=CN)c1ccc(Cl)c(C(=O)N(CC#N)C2CC2)c1. The van der Waals surface area contributed by atoms with Crippen LogP contribution in [-0.2, 0) is 12.5 Å². The van der Waals surface area contributed by atoms with E-state index in [9.17, 15) is 31.1 Å². The minimum atomic E-state index is -4.13. The number of aliphatic imine (C=N–C) groups is 1. The first-order valence-electron chi connectivity index (χ1n) is 12.2. The van der Waals surface area contributed by atoms with Gasteiger partial charge in [-0.05, 0) is 37.5 Å². The summed E-state index contributed by atoms with van der Waals surface area (Å²) in [6.07, 6.45) is 3.59. The molecule has 2 N–H and O–H groups in total. The lowest BCUT2D eigenvalue weighted by Crippen LogP contribution is -2.53. The number of nitrogens with two attached hydrogens (primary N) is 1. The van der Waals surface area contributed by atoms with E-state index < -0.39 is 47.0 Å². The maximum absolute atomic E-state index is 14.6. The molecule has 222 valence electrons. The molecule has 1 aliphatic rings. The number of halogens is 7. The molecule has 15 heteroatoms. The van der Waals surface area contributed by atoms with E-state index in [4.69, 9.17) is 22.6 Å². The smallest absolute Gasteiger partial charge is 0.387 e. The van der Waals surface area contributed by atoms with Crippen molar-refractivity contribution in [2.75, 3.05) is 6.54 Å². The van der Waals surface area contributed by atoms with Gasteiger partial charge >= 0.3 is 6.61 Å². The van der Waals surface area contributed by atoms with E-state index in [1.165, 1.54) is 23.1 Å². The van der Waals surface area contributed by atoms with Crippen LogP contribution in [0.1, 0.15) is 55.2 Å². The van der Waals surface area contributed by atoms with Gasteiger partial charge in [0, 0.05) is 44.9 Å². The van der Waals surface area contributed by atoms with Crippen LogP contribution in [0.5, 0.6) is 5.75 Å². The van der Waals surface area contributed by atoms with Crippen LogP contribution in [0.2, 0.25) is 5.02 Å². The molecule has 0 saturated heterocycles. The van der Waals surface area contributed by atoms with E-state index in [0.717, 1.165) is 37.0 Å². The fraction of sp³-hybridized carbons (Fsp3) is 0.462. The van der Waals surface area contributed by atoms with Crippen LogP contribution in [0.4, 0.5) is 32.2 Å². The number of hydrogen-bond donors (Lipinski definition) is 1. The number of amides is 1. The molecule has 41 heavy (non-hydrogen) atoms. The number of aromatic nitrogens is 2. The Balaban J connectivity index is 2.09. The highest BCUT2D eigenvalue weighted by molar-refractivity contribution is 6.34. The van der Waals surface area contributed by atoms with Crippen molar-refractivity contribution in [2.24, 2.45) is 17.8 Å². The summed E-state index contributed by atoms with van der Waals surface area (Å²) in [4.78, 5) is 18.5. The molecule has 1 heterocycles. The Kier molecular flexibility index (Phi) is 9.02. The summed E-state index contributed by atoms with van der Waals surface area (Å²) in [5, 5.41) is 12.9. The minimum absolute atomic E-state index is 0.0646.